The Balaban J connectivity index is 1.59. The van der Waals surface area contributed by atoms with Crippen LogP contribution in [0.1, 0.15) is 59.1 Å². The number of oxazole rings is 1. The van der Waals surface area contributed by atoms with Crippen LogP contribution in [0.4, 0.5) is 0 Å². The number of imidazole rings is 1. The summed E-state index contributed by atoms with van der Waals surface area (Å²) >= 11 is 0. The summed E-state index contributed by atoms with van der Waals surface area (Å²) in [4.78, 5) is 27.4. The molecule has 0 bridgehead atoms. The van der Waals surface area contributed by atoms with Gasteiger partial charge in [-0.05, 0) is 39.0 Å². The van der Waals surface area contributed by atoms with E-state index in [4.69, 9.17) is 9.52 Å². The van der Waals surface area contributed by atoms with Crippen LogP contribution in [0.15, 0.2) is 41.2 Å². The zero-order valence-corrected chi connectivity index (χ0v) is 17.5. The molecule has 31 heavy (non-hydrogen) atoms. The first-order valence-corrected chi connectivity index (χ1v) is 10.1. The van der Waals surface area contributed by atoms with Crippen LogP contribution in [0.5, 0.6) is 0 Å². The molecule has 0 aromatic carbocycles. The minimum Gasteiger partial charge on any atom is -0.434 e. The maximum absolute atomic E-state index is 13.6. The van der Waals surface area contributed by atoms with E-state index in [9.17, 15) is 10.1 Å². The van der Waals surface area contributed by atoms with Crippen LogP contribution in [-0.4, -0.2) is 41.9 Å². The lowest BCUT2D eigenvalue weighted by Gasteiger charge is -2.33. The van der Waals surface area contributed by atoms with Crippen molar-refractivity contribution in [2.75, 3.05) is 6.54 Å². The average Bonchev–Trinajstić information content (AvgIpc) is 3.49. The molecule has 5 heterocycles. The van der Waals surface area contributed by atoms with Crippen LogP contribution < -0.4 is 0 Å². The van der Waals surface area contributed by atoms with Crippen molar-refractivity contribution in [2.24, 2.45) is 0 Å². The smallest absolute Gasteiger partial charge is 0.292 e. The van der Waals surface area contributed by atoms with Crippen LogP contribution in [0.3, 0.4) is 0 Å². The maximum atomic E-state index is 13.6. The van der Waals surface area contributed by atoms with Crippen LogP contribution in [0, 0.1) is 18.3 Å². The molecule has 1 N–H and O–H groups in total. The molecular formula is C22H21N7O2. The molecule has 1 atom stereocenters. The summed E-state index contributed by atoms with van der Waals surface area (Å²) in [5.41, 5.74) is 2.96. The summed E-state index contributed by atoms with van der Waals surface area (Å²) in [5.74, 6) is 0.0874. The zero-order chi connectivity index (χ0) is 21.8. The van der Waals surface area contributed by atoms with E-state index in [1.165, 1.54) is 0 Å². The number of nitrogens with zero attached hydrogens (tertiary/aromatic N) is 6. The number of aryl methyl sites for hydroxylation is 1. The molecule has 1 unspecified atom stereocenters. The van der Waals surface area contributed by atoms with Crippen LogP contribution in [0.25, 0.3) is 5.52 Å². The second-order valence-electron chi connectivity index (χ2n) is 8.23. The third-order valence-corrected chi connectivity index (χ3v) is 5.66. The number of pyridine rings is 1. The number of amides is 1. The Kier molecular flexibility index (Phi) is 4.18. The van der Waals surface area contributed by atoms with Crippen molar-refractivity contribution in [3.8, 4) is 6.07 Å². The summed E-state index contributed by atoms with van der Waals surface area (Å²) in [5, 5.41) is 14.1. The van der Waals surface area contributed by atoms with Gasteiger partial charge in [-0.3, -0.25) is 4.79 Å². The van der Waals surface area contributed by atoms with Crippen molar-refractivity contribution in [1.82, 2.24) is 29.5 Å². The average molecular weight is 415 g/mol. The molecule has 1 aliphatic heterocycles. The second-order valence-corrected chi connectivity index (χ2v) is 8.23. The maximum Gasteiger partial charge on any atom is 0.292 e. The number of carbonyl (C=O) groups excluding carboxylic acids is 1. The lowest BCUT2D eigenvalue weighted by molar-refractivity contribution is 0.0650. The van der Waals surface area contributed by atoms with Crippen molar-refractivity contribution < 1.29 is 9.21 Å². The van der Waals surface area contributed by atoms with E-state index in [1.807, 2.05) is 30.5 Å². The van der Waals surface area contributed by atoms with Gasteiger partial charge in [0.15, 0.2) is 0 Å². The van der Waals surface area contributed by atoms with Gasteiger partial charge >= 0.3 is 0 Å². The summed E-state index contributed by atoms with van der Waals surface area (Å²) in [6, 6.07) is 9.49. The van der Waals surface area contributed by atoms with Gasteiger partial charge in [0.25, 0.3) is 5.91 Å². The van der Waals surface area contributed by atoms with E-state index < -0.39 is 11.5 Å². The molecular weight excluding hydrogens is 394 g/mol. The number of fused-ring (bicyclic) bond motifs is 2. The van der Waals surface area contributed by atoms with Gasteiger partial charge in [-0.1, -0.05) is 6.07 Å². The fourth-order valence-electron chi connectivity index (χ4n) is 3.93. The van der Waals surface area contributed by atoms with Gasteiger partial charge in [-0.15, -0.1) is 0 Å². The fraction of sp³-hybridized carbons (Fsp3) is 0.318. The Morgan fingerprint density at radius 1 is 1.39 bits per heavy atom. The van der Waals surface area contributed by atoms with Crippen LogP contribution in [-0.2, 0) is 11.8 Å². The number of hydrogen-bond acceptors (Lipinski definition) is 6. The summed E-state index contributed by atoms with van der Waals surface area (Å²) in [6.45, 7) is 5.62. The highest BCUT2D eigenvalue weighted by Crippen LogP contribution is 2.35. The Bertz CT molecular complexity index is 1300. The highest BCUT2D eigenvalue weighted by Gasteiger charge is 2.39. The molecule has 9 heteroatoms. The summed E-state index contributed by atoms with van der Waals surface area (Å²) in [6.07, 6.45) is 4.17. The number of hydrogen-bond donors (Lipinski definition) is 1. The third kappa shape index (κ3) is 2.99. The Hall–Kier alpha value is -3.93. The Morgan fingerprint density at radius 3 is 3.00 bits per heavy atom. The minimum absolute atomic E-state index is 0.145. The van der Waals surface area contributed by atoms with E-state index in [1.54, 1.807) is 36.5 Å². The molecule has 0 radical (unpaired) electrons. The van der Waals surface area contributed by atoms with E-state index >= 15 is 0 Å². The van der Waals surface area contributed by atoms with E-state index in [-0.39, 0.29) is 17.6 Å². The number of H-pyrrole nitrogens is 1. The predicted molar refractivity (Wildman–Crippen MR) is 110 cm³/mol. The SMILES string of the molecule is Cc1nc(C(C)(C)C#N)oc1C(=O)N1CCc2[nH]cnc2C1c1cc2ccccn2n1. The molecule has 1 aliphatic rings. The second kappa shape index (κ2) is 6.80. The van der Waals surface area contributed by atoms with E-state index in [2.05, 4.69) is 21.0 Å². The van der Waals surface area contributed by atoms with Crippen molar-refractivity contribution in [1.29, 1.82) is 5.26 Å². The van der Waals surface area contributed by atoms with Crippen molar-refractivity contribution >= 4 is 11.4 Å². The zero-order valence-electron chi connectivity index (χ0n) is 17.5. The molecule has 0 saturated carbocycles. The molecule has 0 aliphatic carbocycles. The summed E-state index contributed by atoms with van der Waals surface area (Å²) < 4.78 is 7.60. The lowest BCUT2D eigenvalue weighted by Crippen LogP contribution is -2.41. The standard InChI is InChI=1S/C22H21N7O2/c1-13-19(31-21(26-13)22(2,3)11-23)20(30)28-9-7-15-17(25-12-24-15)18(28)16-10-14-6-4-5-8-29(14)27-16/h4-6,8,10,12,18H,7,9H2,1-3H3,(H,24,25). The predicted octanol–water partition coefficient (Wildman–Crippen LogP) is 2.94. The van der Waals surface area contributed by atoms with Gasteiger partial charge in [-0.25, -0.2) is 14.5 Å². The number of aromatic nitrogens is 5. The van der Waals surface area contributed by atoms with Gasteiger partial charge in [0.2, 0.25) is 11.7 Å². The van der Waals surface area contributed by atoms with Gasteiger partial charge in [-0.2, -0.15) is 10.4 Å². The van der Waals surface area contributed by atoms with Gasteiger partial charge in [0, 0.05) is 24.9 Å². The van der Waals surface area contributed by atoms with Gasteiger partial charge < -0.3 is 14.3 Å². The molecule has 0 fully saturated rings. The van der Waals surface area contributed by atoms with Crippen LogP contribution >= 0.6 is 0 Å². The van der Waals surface area contributed by atoms with E-state index in [0.29, 0.717) is 18.7 Å². The molecule has 0 saturated heterocycles. The highest BCUT2D eigenvalue weighted by molar-refractivity contribution is 5.93. The van der Waals surface area contributed by atoms with Crippen LogP contribution in [0.2, 0.25) is 0 Å². The van der Waals surface area contributed by atoms with E-state index in [0.717, 1.165) is 22.6 Å². The number of aromatic amines is 1. The normalized spacial score (nSPS) is 16.3. The Labute approximate surface area is 178 Å². The molecule has 5 rings (SSSR count). The number of nitrogens with one attached hydrogen (secondary N) is 1. The molecule has 4 aromatic rings. The van der Waals surface area contributed by atoms with Crippen molar-refractivity contribution in [3.63, 3.8) is 0 Å². The first-order chi connectivity index (χ1) is 14.9. The van der Waals surface area contributed by atoms with Gasteiger partial charge in [0.05, 0.1) is 35.0 Å². The quantitative estimate of drug-likeness (QED) is 0.550. The number of carbonyl (C=O) groups is 1. The Morgan fingerprint density at radius 2 is 2.23 bits per heavy atom. The minimum atomic E-state index is -0.929. The molecule has 9 nitrogen and oxygen atoms in total. The molecule has 1 amide bonds. The lowest BCUT2D eigenvalue weighted by atomic mass is 9.96. The van der Waals surface area contributed by atoms with Crippen molar-refractivity contribution in [3.05, 3.63) is 71.2 Å². The monoisotopic (exact) mass is 415 g/mol. The van der Waals surface area contributed by atoms with Gasteiger partial charge in [0.1, 0.15) is 11.5 Å². The third-order valence-electron chi connectivity index (χ3n) is 5.66. The number of rotatable bonds is 3. The first-order valence-electron chi connectivity index (χ1n) is 10.1. The molecule has 156 valence electrons. The fourth-order valence-corrected chi connectivity index (χ4v) is 3.93. The first kappa shape index (κ1) is 19.1. The largest absolute Gasteiger partial charge is 0.434 e. The molecule has 4 aromatic heterocycles. The highest BCUT2D eigenvalue weighted by atomic mass is 16.4. The number of nitriles is 1. The molecule has 0 spiro atoms. The summed E-state index contributed by atoms with van der Waals surface area (Å²) in [7, 11) is 0. The topological polar surface area (TPSA) is 116 Å². The van der Waals surface area contributed by atoms with Crippen molar-refractivity contribution in [2.45, 2.75) is 38.6 Å².